The molecule has 5 N–H and O–H groups in total. The lowest BCUT2D eigenvalue weighted by Crippen LogP contribution is -2.21. The van der Waals surface area contributed by atoms with Crippen molar-refractivity contribution in [1.29, 1.82) is 0 Å². The van der Waals surface area contributed by atoms with Crippen LogP contribution < -0.4 is 16.2 Å². The summed E-state index contributed by atoms with van der Waals surface area (Å²) < 4.78 is 5.39. The highest BCUT2D eigenvalue weighted by molar-refractivity contribution is 9.10. The normalized spacial score (nSPS) is 10.4. The lowest BCUT2D eigenvalue weighted by atomic mass is 10.2. The molecule has 0 heterocycles. The summed E-state index contributed by atoms with van der Waals surface area (Å²) in [4.78, 5) is 0. The molecule has 0 aliphatic rings. The van der Waals surface area contributed by atoms with Gasteiger partial charge >= 0.3 is 0 Å². The maximum absolute atomic E-state index is 9.67. The van der Waals surface area contributed by atoms with E-state index in [2.05, 4.69) is 26.1 Å². The number of nitrogens with two attached hydrogens (primary N) is 2. The van der Waals surface area contributed by atoms with Gasteiger partial charge in [-0.05, 0) is 28.1 Å². The molecule has 6 nitrogen and oxygen atoms in total. The highest BCUT2D eigenvalue weighted by atomic mass is 79.9. The van der Waals surface area contributed by atoms with Crippen LogP contribution >= 0.6 is 15.9 Å². The molecule has 7 heteroatoms. The Bertz CT molecular complexity index is 441. The van der Waals surface area contributed by atoms with Crippen LogP contribution in [-0.4, -0.2) is 24.4 Å². The number of rotatable bonds is 3. The molecule has 0 bridgehead atoms. The van der Waals surface area contributed by atoms with E-state index in [1.807, 2.05) is 0 Å². The van der Waals surface area contributed by atoms with Gasteiger partial charge in [-0.1, -0.05) is 0 Å². The van der Waals surface area contributed by atoms with Crippen LogP contribution in [0.2, 0.25) is 0 Å². The summed E-state index contributed by atoms with van der Waals surface area (Å²) in [5.41, 5.74) is 10.8. The van der Waals surface area contributed by atoms with E-state index in [1.165, 1.54) is 13.3 Å². The number of hydrogen-bond donors (Lipinski definition) is 3. The highest BCUT2D eigenvalue weighted by Crippen LogP contribution is 2.35. The van der Waals surface area contributed by atoms with E-state index in [1.54, 1.807) is 12.1 Å². The number of halogens is 1. The molecule has 1 aromatic carbocycles. The predicted molar refractivity (Wildman–Crippen MR) is 65.8 cm³/mol. The number of hydrogen-bond acceptors (Lipinski definition) is 4. The Morgan fingerprint density at radius 1 is 1.50 bits per heavy atom. The fourth-order valence-corrected chi connectivity index (χ4v) is 1.41. The molecule has 0 saturated carbocycles. The SMILES string of the molecule is COc1ccc(/C=N\N=C(N)N)c(Br)c1O. The molecular formula is C9H11BrN4O2. The minimum Gasteiger partial charge on any atom is -0.503 e. The van der Waals surface area contributed by atoms with Gasteiger partial charge in [-0.3, -0.25) is 0 Å². The summed E-state index contributed by atoms with van der Waals surface area (Å²) in [5, 5.41) is 16.7. The Balaban J connectivity index is 3.04. The number of benzene rings is 1. The molecule has 1 aromatic rings. The summed E-state index contributed by atoms with van der Waals surface area (Å²) in [7, 11) is 1.47. The number of guanidine groups is 1. The first kappa shape index (κ1) is 12.3. The fourth-order valence-electron chi connectivity index (χ4n) is 0.985. The lowest BCUT2D eigenvalue weighted by Gasteiger charge is -2.06. The molecule has 0 unspecified atom stereocenters. The van der Waals surface area contributed by atoms with E-state index in [0.29, 0.717) is 15.8 Å². The van der Waals surface area contributed by atoms with Crippen molar-refractivity contribution in [1.82, 2.24) is 0 Å². The standard InChI is InChI=1S/C9H11BrN4O2/c1-16-6-3-2-5(7(10)8(6)15)4-13-14-9(11)12/h2-4,15H,1H3,(H4,11,12,14)/b13-4-. The molecule has 86 valence electrons. The first-order valence-corrected chi connectivity index (χ1v) is 5.03. The maximum atomic E-state index is 9.67. The number of methoxy groups -OCH3 is 1. The maximum Gasteiger partial charge on any atom is 0.211 e. The molecule has 16 heavy (non-hydrogen) atoms. The summed E-state index contributed by atoms with van der Waals surface area (Å²) in [6.45, 7) is 0. The number of ether oxygens (including phenoxy) is 1. The number of phenolic OH excluding ortho intramolecular Hbond substituents is 1. The van der Waals surface area contributed by atoms with E-state index in [4.69, 9.17) is 16.2 Å². The van der Waals surface area contributed by atoms with E-state index >= 15 is 0 Å². The van der Waals surface area contributed by atoms with Crippen LogP contribution in [0.5, 0.6) is 11.5 Å². The second-order valence-electron chi connectivity index (χ2n) is 2.79. The van der Waals surface area contributed by atoms with E-state index < -0.39 is 0 Å². The Kier molecular flexibility index (Phi) is 4.12. The molecular weight excluding hydrogens is 276 g/mol. The molecule has 1 rings (SSSR count). The second-order valence-corrected chi connectivity index (χ2v) is 3.58. The van der Waals surface area contributed by atoms with Crippen LogP contribution in [0, 0.1) is 0 Å². The topological polar surface area (TPSA) is 106 Å². The molecule has 0 atom stereocenters. The Morgan fingerprint density at radius 2 is 2.19 bits per heavy atom. The third kappa shape index (κ3) is 2.86. The van der Waals surface area contributed by atoms with Crippen molar-refractivity contribution in [3.8, 4) is 11.5 Å². The van der Waals surface area contributed by atoms with Gasteiger partial charge in [0.25, 0.3) is 0 Å². The van der Waals surface area contributed by atoms with Crippen molar-refractivity contribution in [3.05, 3.63) is 22.2 Å². The van der Waals surface area contributed by atoms with Crippen molar-refractivity contribution in [3.63, 3.8) is 0 Å². The van der Waals surface area contributed by atoms with Gasteiger partial charge in [0.2, 0.25) is 5.96 Å². The van der Waals surface area contributed by atoms with Gasteiger partial charge in [-0.15, -0.1) is 5.10 Å². The van der Waals surface area contributed by atoms with Gasteiger partial charge in [0.05, 0.1) is 17.8 Å². The van der Waals surface area contributed by atoms with Crippen LogP contribution in [-0.2, 0) is 0 Å². The summed E-state index contributed by atoms with van der Waals surface area (Å²) >= 11 is 3.21. The number of aromatic hydroxyl groups is 1. The van der Waals surface area contributed by atoms with E-state index in [0.717, 1.165) is 0 Å². The zero-order valence-electron chi connectivity index (χ0n) is 8.51. The minimum atomic E-state index is -0.134. The molecule has 0 radical (unpaired) electrons. The minimum absolute atomic E-state index is 0.00356. The third-order valence-electron chi connectivity index (χ3n) is 1.70. The van der Waals surface area contributed by atoms with Crippen molar-refractivity contribution >= 4 is 28.1 Å². The van der Waals surface area contributed by atoms with Crippen LogP contribution in [0.15, 0.2) is 26.8 Å². The summed E-state index contributed by atoms with van der Waals surface area (Å²) in [5.74, 6) is 0.229. The molecule has 0 spiro atoms. The van der Waals surface area contributed by atoms with Gasteiger partial charge in [0.15, 0.2) is 11.5 Å². The predicted octanol–water partition coefficient (Wildman–Crippen LogP) is 0.771. The second kappa shape index (κ2) is 5.36. The third-order valence-corrected chi connectivity index (χ3v) is 2.53. The molecule has 0 aromatic heterocycles. The Morgan fingerprint density at radius 3 is 2.75 bits per heavy atom. The van der Waals surface area contributed by atoms with Crippen molar-refractivity contribution in [2.75, 3.05) is 7.11 Å². The molecule has 0 saturated heterocycles. The van der Waals surface area contributed by atoms with Crippen LogP contribution in [0.4, 0.5) is 0 Å². The van der Waals surface area contributed by atoms with Crippen LogP contribution in [0.3, 0.4) is 0 Å². The van der Waals surface area contributed by atoms with Gasteiger partial charge in [-0.2, -0.15) is 5.10 Å². The average molecular weight is 287 g/mol. The monoisotopic (exact) mass is 286 g/mol. The molecule has 0 aliphatic heterocycles. The van der Waals surface area contributed by atoms with Gasteiger partial charge in [0, 0.05) is 5.56 Å². The largest absolute Gasteiger partial charge is 0.503 e. The lowest BCUT2D eigenvalue weighted by molar-refractivity contribution is 0.372. The van der Waals surface area contributed by atoms with Crippen LogP contribution in [0.1, 0.15) is 5.56 Å². The molecule has 0 fully saturated rings. The first-order valence-electron chi connectivity index (χ1n) is 4.23. The number of nitrogens with zero attached hydrogens (tertiary/aromatic N) is 2. The molecule has 0 aliphatic carbocycles. The van der Waals surface area contributed by atoms with E-state index in [-0.39, 0.29) is 11.7 Å². The van der Waals surface area contributed by atoms with Gasteiger partial charge in [0.1, 0.15) is 0 Å². The fraction of sp³-hybridized carbons (Fsp3) is 0.111. The van der Waals surface area contributed by atoms with Crippen molar-refractivity contribution in [2.24, 2.45) is 21.7 Å². The van der Waals surface area contributed by atoms with Gasteiger partial charge < -0.3 is 21.3 Å². The Hall–Kier alpha value is -1.76. The number of phenols is 1. The smallest absolute Gasteiger partial charge is 0.211 e. The quantitative estimate of drug-likeness (QED) is 0.433. The summed E-state index contributed by atoms with van der Waals surface area (Å²) in [6, 6.07) is 3.31. The first-order chi connectivity index (χ1) is 7.56. The van der Waals surface area contributed by atoms with E-state index in [9.17, 15) is 5.11 Å². The van der Waals surface area contributed by atoms with Crippen LogP contribution in [0.25, 0.3) is 0 Å². The zero-order valence-corrected chi connectivity index (χ0v) is 10.1. The Labute approximate surface area is 101 Å². The highest BCUT2D eigenvalue weighted by Gasteiger charge is 2.08. The summed E-state index contributed by atoms with van der Waals surface area (Å²) in [6.07, 6.45) is 1.41. The van der Waals surface area contributed by atoms with Gasteiger partial charge in [-0.25, -0.2) is 0 Å². The van der Waals surface area contributed by atoms with Crippen molar-refractivity contribution < 1.29 is 9.84 Å². The average Bonchev–Trinajstić information content (AvgIpc) is 2.24. The molecule has 0 amide bonds. The van der Waals surface area contributed by atoms with Crippen molar-refractivity contribution in [2.45, 2.75) is 0 Å². The zero-order chi connectivity index (χ0) is 12.1.